The van der Waals surface area contributed by atoms with Crippen molar-refractivity contribution >= 4 is 46.4 Å². The van der Waals surface area contributed by atoms with Gasteiger partial charge in [0.2, 0.25) is 0 Å². The van der Waals surface area contributed by atoms with Gasteiger partial charge in [-0.05, 0) is 189 Å². The van der Waals surface area contributed by atoms with E-state index in [0.717, 1.165) is 209 Å². The molecule has 3 atom stereocenters. The first-order valence-corrected chi connectivity index (χ1v) is 39.4. The normalized spacial score (nSPS) is 13.3. The first-order valence-electron chi connectivity index (χ1n) is 39.4. The number of H-pyrrole nitrogens is 2. The molecule has 10 rings (SSSR count). The van der Waals surface area contributed by atoms with Crippen LogP contribution in [0.3, 0.4) is 0 Å². The molecule has 548 valence electrons. The molecular weight excluding hydrogens is 1270 g/mol. The van der Waals surface area contributed by atoms with Crippen LogP contribution in [0.2, 0.25) is 0 Å². The van der Waals surface area contributed by atoms with Gasteiger partial charge < -0.3 is 42.4 Å². The van der Waals surface area contributed by atoms with Gasteiger partial charge in [-0.25, -0.2) is 9.97 Å². The van der Waals surface area contributed by atoms with E-state index in [1.54, 1.807) is 0 Å². The van der Waals surface area contributed by atoms with E-state index in [1.807, 2.05) is 0 Å². The zero-order valence-corrected chi connectivity index (χ0v) is 65.6. The Morgan fingerprint density at radius 2 is 0.592 bits per heavy atom. The molecular formula is C92H124N7O4+3. The lowest BCUT2D eigenvalue weighted by Gasteiger charge is -2.30. The number of unbranched alkanes of at least 4 members (excludes halogenated alkanes) is 9. The van der Waals surface area contributed by atoms with Gasteiger partial charge in [0, 0.05) is 61.0 Å². The fourth-order valence-electron chi connectivity index (χ4n) is 14.9. The highest BCUT2D eigenvalue weighted by atomic mass is 16.5. The van der Waals surface area contributed by atoms with Gasteiger partial charge in [-0.2, -0.15) is 0 Å². The van der Waals surface area contributed by atoms with Crippen molar-refractivity contribution in [1.82, 2.24) is 19.9 Å². The topological polar surface area (TPSA) is 94.3 Å². The van der Waals surface area contributed by atoms with Crippen LogP contribution in [0, 0.1) is 0 Å². The van der Waals surface area contributed by atoms with Crippen LogP contribution in [0.25, 0.3) is 90.9 Å². The molecule has 103 heavy (non-hydrogen) atoms. The predicted octanol–water partition coefficient (Wildman–Crippen LogP) is 24.3. The van der Waals surface area contributed by atoms with Crippen molar-refractivity contribution in [3.8, 4) is 73.3 Å². The van der Waals surface area contributed by atoms with Crippen LogP contribution in [-0.4, -0.2) is 115 Å². The number of hydrogen-bond acceptors (Lipinski definition) is 6. The number of benzene rings is 5. The van der Waals surface area contributed by atoms with E-state index >= 15 is 0 Å². The van der Waals surface area contributed by atoms with Crippen LogP contribution in [0.5, 0.6) is 28.7 Å². The number of nitrogens with one attached hydrogen (secondary N) is 2. The van der Waals surface area contributed by atoms with Gasteiger partial charge in [0.15, 0.2) is 0 Å². The molecule has 0 saturated heterocycles. The quantitative estimate of drug-likeness (QED) is 0.0294. The number of ether oxygens (including phenoxy) is 4. The predicted molar refractivity (Wildman–Crippen MR) is 437 cm³/mol. The summed E-state index contributed by atoms with van der Waals surface area (Å²) in [5.41, 5.74) is 18.9. The molecule has 0 saturated carbocycles. The van der Waals surface area contributed by atoms with E-state index in [9.17, 15) is 0 Å². The summed E-state index contributed by atoms with van der Waals surface area (Å²) < 4.78 is 30.1. The van der Waals surface area contributed by atoms with E-state index in [0.29, 0.717) is 0 Å². The Morgan fingerprint density at radius 1 is 0.311 bits per heavy atom. The van der Waals surface area contributed by atoms with E-state index < -0.39 is 0 Å². The van der Waals surface area contributed by atoms with Gasteiger partial charge in [0.05, 0.1) is 105 Å². The number of nitrogens with zero attached hydrogens (tertiary/aromatic N) is 5. The maximum absolute atomic E-state index is 7.25. The number of aromatic amines is 2. The molecule has 8 aromatic rings. The van der Waals surface area contributed by atoms with E-state index in [4.69, 9.17) is 28.9 Å². The van der Waals surface area contributed by atoms with Crippen LogP contribution in [0.4, 0.5) is 0 Å². The van der Waals surface area contributed by atoms with Crippen molar-refractivity contribution in [2.75, 3.05) is 63.4 Å². The number of fused-ring (bicyclic) bond motifs is 8. The Kier molecular flexibility index (Phi) is 27.4. The maximum Gasteiger partial charge on any atom is 0.145 e. The maximum atomic E-state index is 7.25. The summed E-state index contributed by atoms with van der Waals surface area (Å²) in [6.45, 7) is 16.2. The Morgan fingerprint density at radius 3 is 0.854 bits per heavy atom. The number of hydrogen-bond donors (Lipinski definition) is 2. The molecule has 0 aliphatic carbocycles. The third-order valence-electron chi connectivity index (χ3n) is 19.7. The summed E-state index contributed by atoms with van der Waals surface area (Å²) in [6.07, 6.45) is 33.5. The zero-order chi connectivity index (χ0) is 73.1. The van der Waals surface area contributed by atoms with E-state index in [1.165, 1.54) is 93.7 Å². The van der Waals surface area contributed by atoms with E-state index in [2.05, 4.69) is 273 Å². The highest BCUT2D eigenvalue weighted by Gasteiger charge is 2.27. The molecule has 5 aromatic carbocycles. The third-order valence-corrected chi connectivity index (χ3v) is 19.7. The molecule has 3 unspecified atom stereocenters. The summed E-state index contributed by atoms with van der Waals surface area (Å²) in [5, 5.41) is 0. The van der Waals surface area contributed by atoms with Gasteiger partial charge >= 0.3 is 0 Å². The van der Waals surface area contributed by atoms with Crippen molar-refractivity contribution in [3.63, 3.8) is 0 Å². The van der Waals surface area contributed by atoms with E-state index in [-0.39, 0.29) is 18.3 Å². The number of aromatic nitrogens is 4. The van der Waals surface area contributed by atoms with Crippen molar-refractivity contribution in [2.24, 2.45) is 0 Å². The van der Waals surface area contributed by atoms with Gasteiger partial charge in [-0.3, -0.25) is 0 Å². The molecule has 11 nitrogen and oxygen atoms in total. The van der Waals surface area contributed by atoms with Crippen molar-refractivity contribution < 1.29 is 32.4 Å². The second-order valence-electron chi connectivity index (χ2n) is 32.4. The third kappa shape index (κ3) is 21.9. The Labute approximate surface area is 619 Å². The second kappa shape index (κ2) is 36.5. The minimum absolute atomic E-state index is 0.173. The molecule has 0 radical (unpaired) electrons. The van der Waals surface area contributed by atoms with Gasteiger partial charge in [0.25, 0.3) is 0 Å². The lowest BCUT2D eigenvalue weighted by molar-refractivity contribution is -0.885. The van der Waals surface area contributed by atoms with Crippen LogP contribution >= 0.6 is 0 Å². The molecule has 11 heteroatoms. The summed E-state index contributed by atoms with van der Waals surface area (Å²) in [6, 6.07) is 48.5. The number of rotatable bonds is 39. The van der Waals surface area contributed by atoms with Crippen LogP contribution in [0.1, 0.15) is 216 Å². The standard InChI is InChI=1S/C92H124N7O4/c1-16-22-25-28-34-73(31-19-4)100-76-45-37-67(38-46-76)88-80-53-55-82(93-80)89(68-39-47-77(48-40-68)101-74(32-20-5)35-29-26-23-17-2)84-57-59-86(95-84)91(70-43-51-79(52-44-70)103-92-71(64-98(10,11)12)61-66(63-97(7,8)9)62-72(92)65-99(13,14)15)87-60-58-85(96-87)90(83-56-54-81(88)94-83)69-41-49-78(50-42-69)102-75(33-21-6)36-30-27-24-18-3/h37-62,73-75,93,96H,16-36,63-65H2,1-15H3/q+3. The number of quaternary nitrogens is 3. The van der Waals surface area contributed by atoms with Gasteiger partial charge in [0.1, 0.15) is 48.4 Å². The first kappa shape index (κ1) is 77.4. The minimum Gasteiger partial charge on any atom is -0.490 e. The average Bonchev–Trinajstić information content (AvgIpc) is 1.64. The Balaban J connectivity index is 1.18. The molecule has 2 N–H and O–H groups in total. The molecule has 0 amide bonds. The lowest BCUT2D eigenvalue weighted by Crippen LogP contribution is -2.36. The monoisotopic (exact) mass is 1390 g/mol. The Bertz CT molecular complexity index is 4150. The smallest absolute Gasteiger partial charge is 0.145 e. The molecule has 0 fully saturated rings. The molecule has 3 aromatic heterocycles. The molecule has 8 bridgehead atoms. The molecule has 0 spiro atoms. The summed E-state index contributed by atoms with van der Waals surface area (Å²) >= 11 is 0. The summed E-state index contributed by atoms with van der Waals surface area (Å²) in [7, 11) is 20.4. The molecule has 5 heterocycles. The fraction of sp³-hybridized carbons (Fsp3) is 0.457. The van der Waals surface area contributed by atoms with Crippen molar-refractivity contribution in [3.05, 3.63) is 173 Å². The van der Waals surface area contributed by atoms with Crippen LogP contribution in [-0.2, 0) is 19.6 Å². The lowest BCUT2D eigenvalue weighted by atomic mass is 10.0. The van der Waals surface area contributed by atoms with Crippen LogP contribution in [0.15, 0.2) is 133 Å². The Hall–Kier alpha value is -8.22. The SMILES string of the molecule is CCCCCCC(CCC)Oc1ccc(-c2c3nc(c(-c4ccc(OC(CCC)CCCCCC)cc4)c4ccc([nH]4)c(-c4ccc(OC(CCC)CCCCCC)cc4)c4nc(c(-c5ccc(Oc6c(C[N+](C)(C)C)cc(C[N+](C)(C)C)cc6C[N+](C)(C)C)cc5)c5ccc2[nH]5)C=C4)C=C3)cc1. The fourth-order valence-corrected chi connectivity index (χ4v) is 14.9. The summed E-state index contributed by atoms with van der Waals surface area (Å²) in [4.78, 5) is 19.6. The van der Waals surface area contributed by atoms with Crippen molar-refractivity contribution in [2.45, 2.75) is 214 Å². The zero-order valence-electron chi connectivity index (χ0n) is 65.6. The van der Waals surface area contributed by atoms with Crippen molar-refractivity contribution in [1.29, 1.82) is 0 Å². The second-order valence-corrected chi connectivity index (χ2v) is 32.4. The minimum atomic E-state index is 0.173. The first-order chi connectivity index (χ1) is 49.6. The molecule has 2 aliphatic heterocycles. The summed E-state index contributed by atoms with van der Waals surface area (Å²) in [5.74, 6) is 4.39. The van der Waals surface area contributed by atoms with Gasteiger partial charge in [-0.15, -0.1) is 0 Å². The average molecular weight is 1390 g/mol. The highest BCUT2D eigenvalue weighted by Crippen LogP contribution is 2.42. The van der Waals surface area contributed by atoms with Gasteiger partial charge in [-0.1, -0.05) is 167 Å². The largest absolute Gasteiger partial charge is 0.490 e. The highest BCUT2D eigenvalue weighted by molar-refractivity contribution is 6.00. The van der Waals surface area contributed by atoms with Crippen LogP contribution < -0.4 is 18.9 Å². The molecule has 2 aliphatic rings.